The summed E-state index contributed by atoms with van der Waals surface area (Å²) in [6.45, 7) is 2.55. The first-order chi connectivity index (χ1) is 9.56. The molecule has 0 bridgehead atoms. The fourth-order valence-electron chi connectivity index (χ4n) is 1.78. The maximum absolute atomic E-state index is 12.1. The Labute approximate surface area is 119 Å². The van der Waals surface area contributed by atoms with E-state index < -0.39 is 0 Å². The van der Waals surface area contributed by atoms with Crippen molar-refractivity contribution in [2.45, 2.75) is 13.5 Å². The minimum atomic E-state index is -0.158. The first kappa shape index (κ1) is 14.1. The van der Waals surface area contributed by atoms with E-state index in [9.17, 15) is 4.79 Å². The van der Waals surface area contributed by atoms with Crippen molar-refractivity contribution < 1.29 is 4.79 Å². The van der Waals surface area contributed by atoms with E-state index in [1.165, 1.54) is 5.56 Å². The molecular weight excluding hydrogens is 250 g/mol. The Morgan fingerprint density at radius 3 is 2.50 bits per heavy atom. The second-order valence-corrected chi connectivity index (χ2v) is 4.94. The average Bonchev–Trinajstić information content (AvgIpc) is 2.46. The number of nitrogens with zero attached hydrogens (tertiary/aromatic N) is 2. The number of benzene rings is 1. The summed E-state index contributed by atoms with van der Waals surface area (Å²) >= 11 is 0. The molecule has 0 aliphatic heterocycles. The number of rotatable bonds is 4. The zero-order valence-electron chi connectivity index (χ0n) is 12.1. The number of carbonyl (C=O) groups is 1. The van der Waals surface area contributed by atoms with Gasteiger partial charge < -0.3 is 10.2 Å². The van der Waals surface area contributed by atoms with Crippen LogP contribution >= 0.6 is 0 Å². The van der Waals surface area contributed by atoms with E-state index in [1.54, 1.807) is 6.07 Å². The van der Waals surface area contributed by atoms with E-state index in [1.807, 2.05) is 62.3 Å². The topological polar surface area (TPSA) is 45.2 Å². The molecular formula is C16H19N3O. The van der Waals surface area contributed by atoms with Crippen LogP contribution in [0.1, 0.15) is 21.6 Å². The molecule has 20 heavy (non-hydrogen) atoms. The number of anilines is 1. The number of amides is 1. The van der Waals surface area contributed by atoms with Gasteiger partial charge in [0.2, 0.25) is 0 Å². The molecule has 0 spiro atoms. The van der Waals surface area contributed by atoms with Gasteiger partial charge in [-0.3, -0.25) is 4.79 Å². The van der Waals surface area contributed by atoms with Crippen LogP contribution in [-0.2, 0) is 6.54 Å². The van der Waals surface area contributed by atoms with Crippen LogP contribution in [0.4, 0.5) is 5.82 Å². The third-order valence-electron chi connectivity index (χ3n) is 3.00. The van der Waals surface area contributed by atoms with Crippen molar-refractivity contribution in [3.05, 3.63) is 59.3 Å². The molecule has 0 saturated heterocycles. The summed E-state index contributed by atoms with van der Waals surface area (Å²) in [6, 6.07) is 13.5. The van der Waals surface area contributed by atoms with Crippen molar-refractivity contribution in [2.75, 3.05) is 19.0 Å². The van der Waals surface area contributed by atoms with Crippen LogP contribution in [0.25, 0.3) is 0 Å². The van der Waals surface area contributed by atoms with E-state index in [2.05, 4.69) is 10.3 Å². The van der Waals surface area contributed by atoms with E-state index in [-0.39, 0.29) is 5.91 Å². The van der Waals surface area contributed by atoms with Gasteiger partial charge in [0.15, 0.2) is 0 Å². The second kappa shape index (κ2) is 6.19. The van der Waals surface area contributed by atoms with E-state index >= 15 is 0 Å². The molecule has 1 heterocycles. The van der Waals surface area contributed by atoms with Crippen molar-refractivity contribution >= 4 is 11.7 Å². The first-order valence-electron chi connectivity index (χ1n) is 6.54. The first-order valence-corrected chi connectivity index (χ1v) is 6.54. The summed E-state index contributed by atoms with van der Waals surface area (Å²) in [6.07, 6.45) is 0. The van der Waals surface area contributed by atoms with Crippen molar-refractivity contribution in [2.24, 2.45) is 0 Å². The van der Waals surface area contributed by atoms with Crippen LogP contribution in [-0.4, -0.2) is 25.0 Å². The molecule has 2 aromatic rings. The largest absolute Gasteiger partial charge is 0.363 e. The minimum absolute atomic E-state index is 0.158. The molecule has 104 valence electrons. The third-order valence-corrected chi connectivity index (χ3v) is 3.00. The number of aryl methyl sites for hydroxylation is 1. The van der Waals surface area contributed by atoms with Crippen molar-refractivity contribution in [3.8, 4) is 0 Å². The summed E-state index contributed by atoms with van der Waals surface area (Å²) in [5.41, 5.74) is 2.72. The minimum Gasteiger partial charge on any atom is -0.363 e. The molecule has 0 unspecified atom stereocenters. The maximum atomic E-state index is 12.1. The van der Waals surface area contributed by atoms with Crippen molar-refractivity contribution in [1.82, 2.24) is 10.3 Å². The van der Waals surface area contributed by atoms with E-state index in [0.29, 0.717) is 12.2 Å². The number of nitrogens with one attached hydrogen (secondary N) is 1. The van der Waals surface area contributed by atoms with Gasteiger partial charge in [-0.2, -0.15) is 0 Å². The number of hydrogen-bond acceptors (Lipinski definition) is 3. The van der Waals surface area contributed by atoms with Gasteiger partial charge in [0.05, 0.1) is 0 Å². The van der Waals surface area contributed by atoms with Gasteiger partial charge in [-0.15, -0.1) is 0 Å². The monoisotopic (exact) mass is 269 g/mol. The van der Waals surface area contributed by atoms with Crippen LogP contribution < -0.4 is 10.2 Å². The number of pyridine rings is 1. The van der Waals surface area contributed by atoms with Crippen molar-refractivity contribution in [3.63, 3.8) is 0 Å². The summed E-state index contributed by atoms with van der Waals surface area (Å²) in [5.74, 6) is 0.613. The Kier molecular flexibility index (Phi) is 4.35. The molecule has 0 atom stereocenters. The molecule has 0 saturated carbocycles. The van der Waals surface area contributed by atoms with E-state index in [0.717, 1.165) is 11.4 Å². The highest BCUT2D eigenvalue weighted by atomic mass is 16.1. The Bertz CT molecular complexity index is 591. The zero-order valence-corrected chi connectivity index (χ0v) is 12.1. The average molecular weight is 269 g/mol. The molecule has 4 nitrogen and oxygen atoms in total. The molecule has 0 aliphatic carbocycles. The molecule has 2 rings (SSSR count). The molecule has 1 N–H and O–H groups in total. The predicted octanol–water partition coefficient (Wildman–Crippen LogP) is 2.39. The summed E-state index contributed by atoms with van der Waals surface area (Å²) in [7, 11) is 3.80. The Balaban J connectivity index is 2.01. The fraction of sp³-hybridized carbons (Fsp3) is 0.250. The highest BCUT2D eigenvalue weighted by molar-refractivity contribution is 5.92. The molecule has 1 amide bonds. The van der Waals surface area contributed by atoms with Crippen LogP contribution in [0.5, 0.6) is 0 Å². The molecule has 1 aromatic carbocycles. The van der Waals surface area contributed by atoms with Crippen LogP contribution in [0, 0.1) is 6.92 Å². The quantitative estimate of drug-likeness (QED) is 0.927. The molecule has 0 fully saturated rings. The predicted molar refractivity (Wildman–Crippen MR) is 80.9 cm³/mol. The zero-order chi connectivity index (χ0) is 14.5. The lowest BCUT2D eigenvalue weighted by Gasteiger charge is -2.12. The van der Waals surface area contributed by atoms with Crippen molar-refractivity contribution in [1.29, 1.82) is 0 Å². The normalized spacial score (nSPS) is 10.2. The fourth-order valence-corrected chi connectivity index (χ4v) is 1.78. The Morgan fingerprint density at radius 1 is 1.15 bits per heavy atom. The Morgan fingerprint density at radius 2 is 1.85 bits per heavy atom. The van der Waals surface area contributed by atoms with Crippen LogP contribution in [0.15, 0.2) is 42.5 Å². The highest BCUT2D eigenvalue weighted by Crippen LogP contribution is 2.08. The SMILES string of the molecule is Cc1ccc(CNC(=O)c2cccc(N(C)C)n2)cc1. The highest BCUT2D eigenvalue weighted by Gasteiger charge is 2.08. The number of hydrogen-bond donors (Lipinski definition) is 1. The van der Waals surface area contributed by atoms with Crippen LogP contribution in [0.3, 0.4) is 0 Å². The summed E-state index contributed by atoms with van der Waals surface area (Å²) in [5, 5.41) is 2.88. The molecule has 4 heteroatoms. The lowest BCUT2D eigenvalue weighted by atomic mass is 10.1. The van der Waals surface area contributed by atoms with Gasteiger partial charge in [0.25, 0.3) is 5.91 Å². The van der Waals surface area contributed by atoms with Gasteiger partial charge in [0.1, 0.15) is 11.5 Å². The van der Waals surface area contributed by atoms with Gasteiger partial charge in [0, 0.05) is 20.6 Å². The summed E-state index contributed by atoms with van der Waals surface area (Å²) < 4.78 is 0. The molecule has 0 radical (unpaired) electrons. The lowest BCUT2D eigenvalue weighted by molar-refractivity contribution is 0.0946. The second-order valence-electron chi connectivity index (χ2n) is 4.94. The maximum Gasteiger partial charge on any atom is 0.270 e. The van der Waals surface area contributed by atoms with Crippen LogP contribution in [0.2, 0.25) is 0 Å². The standard InChI is InChI=1S/C16H19N3O/c1-12-7-9-13(10-8-12)11-17-16(20)14-5-4-6-15(18-14)19(2)3/h4-10H,11H2,1-3H3,(H,17,20). The lowest BCUT2D eigenvalue weighted by Crippen LogP contribution is -2.24. The molecule has 0 aliphatic rings. The smallest absolute Gasteiger partial charge is 0.270 e. The number of carbonyl (C=O) groups excluding carboxylic acids is 1. The summed E-state index contributed by atoms with van der Waals surface area (Å²) in [4.78, 5) is 18.3. The third kappa shape index (κ3) is 3.57. The van der Waals surface area contributed by atoms with Gasteiger partial charge in [-0.05, 0) is 24.6 Å². The van der Waals surface area contributed by atoms with Gasteiger partial charge in [-0.1, -0.05) is 35.9 Å². The Hall–Kier alpha value is -2.36. The van der Waals surface area contributed by atoms with E-state index in [4.69, 9.17) is 0 Å². The number of aromatic nitrogens is 1. The molecule has 1 aromatic heterocycles. The van der Waals surface area contributed by atoms with Gasteiger partial charge in [-0.25, -0.2) is 4.98 Å². The van der Waals surface area contributed by atoms with Gasteiger partial charge >= 0.3 is 0 Å².